The van der Waals surface area contributed by atoms with Crippen LogP contribution in [0, 0.1) is 6.92 Å². The van der Waals surface area contributed by atoms with E-state index in [0.717, 1.165) is 11.3 Å². The van der Waals surface area contributed by atoms with Gasteiger partial charge in [-0.3, -0.25) is 5.10 Å². The van der Waals surface area contributed by atoms with Gasteiger partial charge in [-0.25, -0.2) is 0 Å². The highest BCUT2D eigenvalue weighted by molar-refractivity contribution is 6.52. The van der Waals surface area contributed by atoms with Gasteiger partial charge >= 0.3 is 7.12 Å². The molecule has 17 heavy (non-hydrogen) atoms. The maximum Gasteiger partial charge on any atom is 0.487 e. The van der Waals surface area contributed by atoms with Gasteiger partial charge in [0, 0.05) is 11.3 Å². The Balaban J connectivity index is 2.08. The van der Waals surface area contributed by atoms with E-state index in [-0.39, 0.29) is 18.3 Å². The summed E-state index contributed by atoms with van der Waals surface area (Å²) in [6.07, 6.45) is 3.76. The summed E-state index contributed by atoms with van der Waals surface area (Å²) in [5.74, 6) is 1.92. The predicted molar refractivity (Wildman–Crippen MR) is 68.4 cm³/mol. The molecule has 0 bridgehead atoms. The smallest absolute Gasteiger partial charge is 0.400 e. The van der Waals surface area contributed by atoms with Gasteiger partial charge < -0.3 is 9.31 Å². The molecule has 1 aliphatic rings. The molecule has 1 fully saturated rings. The number of aryl methyl sites for hydroxylation is 1. The number of nitrogens with zero attached hydrogens (tertiary/aromatic N) is 1. The summed E-state index contributed by atoms with van der Waals surface area (Å²) in [6, 6.07) is 0. The van der Waals surface area contributed by atoms with E-state index in [1.54, 1.807) is 6.20 Å². The molecular formula is C12H19BN2O2. The van der Waals surface area contributed by atoms with Crippen LogP contribution in [0.5, 0.6) is 0 Å². The Bertz CT molecular complexity index is 421. The van der Waals surface area contributed by atoms with E-state index in [1.165, 1.54) is 0 Å². The summed E-state index contributed by atoms with van der Waals surface area (Å²) in [5.41, 5.74) is 1.53. The summed E-state index contributed by atoms with van der Waals surface area (Å²) < 4.78 is 11.7. The number of hydrogen-bond acceptors (Lipinski definition) is 3. The predicted octanol–water partition coefficient (Wildman–Crippen LogP) is 2.36. The standard InChI is InChI=1S/C12H19BN2O2/c1-9-10(8-14-15-9)6-7-13-16-11(2,3)12(4,5)17-13/h6-8H,1-5H3,(H,14,15)/b7-6+. The Morgan fingerprint density at radius 3 is 2.29 bits per heavy atom. The summed E-state index contributed by atoms with van der Waals surface area (Å²) in [4.78, 5) is 0. The summed E-state index contributed by atoms with van der Waals surface area (Å²) in [7, 11) is -0.297. The van der Waals surface area contributed by atoms with Gasteiger partial charge in [0.05, 0.1) is 17.4 Å². The number of hydrogen-bond donors (Lipinski definition) is 1. The molecule has 4 nitrogen and oxygen atoms in total. The van der Waals surface area contributed by atoms with Crippen molar-refractivity contribution in [2.24, 2.45) is 0 Å². The summed E-state index contributed by atoms with van der Waals surface area (Å²) in [5, 5.41) is 6.86. The van der Waals surface area contributed by atoms with E-state index >= 15 is 0 Å². The van der Waals surface area contributed by atoms with E-state index in [9.17, 15) is 0 Å². The zero-order valence-electron chi connectivity index (χ0n) is 11.1. The van der Waals surface area contributed by atoms with Gasteiger partial charge in [0.2, 0.25) is 0 Å². The van der Waals surface area contributed by atoms with E-state index in [4.69, 9.17) is 9.31 Å². The largest absolute Gasteiger partial charge is 0.487 e. The van der Waals surface area contributed by atoms with Gasteiger partial charge in [-0.15, -0.1) is 0 Å². The number of nitrogens with one attached hydrogen (secondary N) is 1. The molecule has 0 unspecified atom stereocenters. The first-order chi connectivity index (χ1) is 7.82. The van der Waals surface area contributed by atoms with Gasteiger partial charge in [-0.2, -0.15) is 5.10 Å². The Morgan fingerprint density at radius 1 is 1.24 bits per heavy atom. The van der Waals surface area contributed by atoms with Crippen LogP contribution < -0.4 is 0 Å². The quantitative estimate of drug-likeness (QED) is 0.799. The molecule has 2 heterocycles. The molecule has 0 saturated carbocycles. The molecule has 92 valence electrons. The van der Waals surface area contributed by atoms with Gasteiger partial charge in [-0.05, 0) is 34.6 Å². The van der Waals surface area contributed by atoms with Crippen molar-refractivity contribution in [2.75, 3.05) is 0 Å². The average molecular weight is 234 g/mol. The molecule has 0 atom stereocenters. The molecule has 1 N–H and O–H groups in total. The number of H-pyrrole nitrogens is 1. The highest BCUT2D eigenvalue weighted by atomic mass is 16.7. The maximum absolute atomic E-state index is 5.86. The van der Waals surface area contributed by atoms with Crippen molar-refractivity contribution in [3.8, 4) is 0 Å². The van der Waals surface area contributed by atoms with Crippen LogP contribution in [0.1, 0.15) is 39.0 Å². The van der Waals surface area contributed by atoms with Crippen molar-refractivity contribution >= 4 is 13.2 Å². The minimum absolute atomic E-state index is 0.284. The number of aromatic nitrogens is 2. The van der Waals surface area contributed by atoms with Crippen LogP contribution in [0.3, 0.4) is 0 Å². The summed E-state index contributed by atoms with van der Waals surface area (Å²) in [6.45, 7) is 10.2. The van der Waals surface area contributed by atoms with Crippen LogP contribution in [0.25, 0.3) is 6.08 Å². The van der Waals surface area contributed by atoms with Crippen LogP contribution in [-0.4, -0.2) is 28.5 Å². The second-order valence-corrected chi connectivity index (χ2v) is 5.43. The third-order valence-corrected chi connectivity index (χ3v) is 3.57. The average Bonchev–Trinajstić information content (AvgIpc) is 2.66. The Morgan fingerprint density at radius 2 is 1.82 bits per heavy atom. The van der Waals surface area contributed by atoms with Crippen molar-refractivity contribution in [1.82, 2.24) is 10.2 Å². The first kappa shape index (κ1) is 12.4. The molecule has 5 heteroatoms. The third kappa shape index (κ3) is 2.30. The fraction of sp³-hybridized carbons (Fsp3) is 0.583. The molecule has 0 spiro atoms. The van der Waals surface area contributed by atoms with Gasteiger partial charge in [0.25, 0.3) is 0 Å². The molecule has 2 rings (SSSR count). The third-order valence-electron chi connectivity index (χ3n) is 3.57. The fourth-order valence-corrected chi connectivity index (χ4v) is 1.68. The Labute approximate surface area is 103 Å². The molecule has 0 aromatic carbocycles. The Kier molecular flexibility index (Phi) is 2.91. The molecule has 1 aromatic heterocycles. The van der Waals surface area contributed by atoms with E-state index in [0.29, 0.717) is 0 Å². The minimum Gasteiger partial charge on any atom is -0.400 e. The normalized spacial score (nSPS) is 22.5. The molecule has 1 aromatic rings. The second-order valence-electron chi connectivity index (χ2n) is 5.43. The second kappa shape index (κ2) is 4.00. The van der Waals surface area contributed by atoms with Crippen LogP contribution in [-0.2, 0) is 9.31 Å². The first-order valence-corrected chi connectivity index (χ1v) is 5.86. The van der Waals surface area contributed by atoms with Crippen molar-refractivity contribution in [3.63, 3.8) is 0 Å². The van der Waals surface area contributed by atoms with Crippen LogP contribution in [0.4, 0.5) is 0 Å². The van der Waals surface area contributed by atoms with E-state index < -0.39 is 0 Å². The molecular weight excluding hydrogens is 215 g/mol. The van der Waals surface area contributed by atoms with Crippen molar-refractivity contribution < 1.29 is 9.31 Å². The van der Waals surface area contributed by atoms with Crippen molar-refractivity contribution in [3.05, 3.63) is 23.4 Å². The highest BCUT2D eigenvalue weighted by Gasteiger charge is 2.49. The van der Waals surface area contributed by atoms with Gasteiger partial charge in [-0.1, -0.05) is 12.1 Å². The van der Waals surface area contributed by atoms with E-state index in [2.05, 4.69) is 10.2 Å². The lowest BCUT2D eigenvalue weighted by atomic mass is 9.89. The monoisotopic (exact) mass is 234 g/mol. The van der Waals surface area contributed by atoms with Crippen LogP contribution >= 0.6 is 0 Å². The summed E-state index contributed by atoms with van der Waals surface area (Å²) >= 11 is 0. The molecule has 0 amide bonds. The fourth-order valence-electron chi connectivity index (χ4n) is 1.68. The Hall–Kier alpha value is -1.07. The zero-order valence-corrected chi connectivity index (χ0v) is 11.1. The minimum atomic E-state index is -0.297. The van der Waals surface area contributed by atoms with Crippen molar-refractivity contribution in [1.29, 1.82) is 0 Å². The number of rotatable bonds is 2. The van der Waals surface area contributed by atoms with Crippen molar-refractivity contribution in [2.45, 2.75) is 45.8 Å². The van der Waals surface area contributed by atoms with Crippen LogP contribution in [0.15, 0.2) is 12.2 Å². The zero-order chi connectivity index (χ0) is 12.7. The SMILES string of the molecule is Cc1[nH]ncc1/C=C/B1OC(C)(C)C(C)(C)O1. The van der Waals surface area contributed by atoms with Gasteiger partial charge in [0.15, 0.2) is 0 Å². The number of aromatic amines is 1. The molecule has 0 aliphatic carbocycles. The topological polar surface area (TPSA) is 47.1 Å². The molecule has 1 saturated heterocycles. The lowest BCUT2D eigenvalue weighted by Crippen LogP contribution is -2.41. The van der Waals surface area contributed by atoms with Crippen LogP contribution in [0.2, 0.25) is 0 Å². The van der Waals surface area contributed by atoms with Gasteiger partial charge in [0.1, 0.15) is 0 Å². The van der Waals surface area contributed by atoms with E-state index in [1.807, 2.05) is 46.7 Å². The lowest BCUT2D eigenvalue weighted by molar-refractivity contribution is 0.00578. The molecule has 0 radical (unpaired) electrons. The highest BCUT2D eigenvalue weighted by Crippen LogP contribution is 2.36. The lowest BCUT2D eigenvalue weighted by Gasteiger charge is -2.32. The molecule has 1 aliphatic heterocycles. The maximum atomic E-state index is 5.86. The first-order valence-electron chi connectivity index (χ1n) is 5.86.